The van der Waals surface area contributed by atoms with E-state index >= 15 is 0 Å². The van der Waals surface area contributed by atoms with Crippen molar-refractivity contribution < 1.29 is 14.7 Å². The molecule has 0 bridgehead atoms. The van der Waals surface area contributed by atoms with Crippen molar-refractivity contribution in [2.45, 2.75) is 6.42 Å². The lowest BCUT2D eigenvalue weighted by Crippen LogP contribution is -2.26. The van der Waals surface area contributed by atoms with Crippen LogP contribution >= 0.6 is 11.3 Å². The Morgan fingerprint density at radius 3 is 3.00 bits per heavy atom. The van der Waals surface area contributed by atoms with Gasteiger partial charge in [0.25, 0.3) is 5.91 Å². The number of carbonyl (C=O) groups excluding carboxylic acids is 1. The minimum Gasteiger partial charge on any atom is -0.476 e. The van der Waals surface area contributed by atoms with Gasteiger partial charge in [0, 0.05) is 36.9 Å². The van der Waals surface area contributed by atoms with Gasteiger partial charge in [0.15, 0.2) is 5.69 Å². The number of nitrogens with one attached hydrogen (secondary N) is 1. The number of imidazole rings is 1. The molecule has 8 heteroatoms. The van der Waals surface area contributed by atoms with Gasteiger partial charge < -0.3 is 14.8 Å². The zero-order valence-corrected chi connectivity index (χ0v) is 12.2. The molecule has 2 N–H and O–H groups in total. The van der Waals surface area contributed by atoms with Crippen molar-refractivity contribution in [2.24, 2.45) is 0 Å². The number of aromatic carboxylic acids is 1. The fourth-order valence-electron chi connectivity index (χ4n) is 2.03. The van der Waals surface area contributed by atoms with Crippen molar-refractivity contribution in [1.29, 1.82) is 0 Å². The summed E-state index contributed by atoms with van der Waals surface area (Å²) in [5, 5.41) is 13.8. The summed E-state index contributed by atoms with van der Waals surface area (Å²) in [6.45, 7) is 0.382. The van der Waals surface area contributed by atoms with Gasteiger partial charge in [0.05, 0.1) is 10.6 Å². The van der Waals surface area contributed by atoms with Gasteiger partial charge in [-0.25, -0.2) is 14.8 Å². The molecule has 0 aliphatic carbocycles. The topological polar surface area (TPSA) is 96.6 Å². The van der Waals surface area contributed by atoms with Crippen molar-refractivity contribution in [1.82, 2.24) is 19.7 Å². The standard InChI is InChI=1S/C14H12N4O3S/c19-13(9-2-1-6-18-7-5-15-12(9)18)16-4-3-11-17-10(8-22-11)14(20)21/h1-2,5-8H,3-4H2,(H,16,19)(H,20,21). The molecule has 3 rings (SSSR count). The Morgan fingerprint density at radius 2 is 2.23 bits per heavy atom. The molecule has 3 aromatic rings. The predicted molar refractivity (Wildman–Crippen MR) is 80.3 cm³/mol. The van der Waals surface area contributed by atoms with Crippen LogP contribution in [0.4, 0.5) is 0 Å². The Morgan fingerprint density at radius 1 is 1.36 bits per heavy atom. The van der Waals surface area contributed by atoms with Crippen molar-refractivity contribution in [3.8, 4) is 0 Å². The third-order valence-electron chi connectivity index (χ3n) is 3.06. The van der Waals surface area contributed by atoms with Gasteiger partial charge >= 0.3 is 5.97 Å². The van der Waals surface area contributed by atoms with E-state index in [-0.39, 0.29) is 11.6 Å². The smallest absolute Gasteiger partial charge is 0.355 e. The molecule has 0 fully saturated rings. The molecule has 3 aromatic heterocycles. The Labute approximate surface area is 129 Å². The normalized spacial score (nSPS) is 10.7. The van der Waals surface area contributed by atoms with E-state index in [1.54, 1.807) is 28.9 Å². The summed E-state index contributed by atoms with van der Waals surface area (Å²) in [6, 6.07) is 3.49. The second-order valence-corrected chi connectivity index (χ2v) is 5.46. The van der Waals surface area contributed by atoms with Gasteiger partial charge in [-0.3, -0.25) is 4.79 Å². The summed E-state index contributed by atoms with van der Waals surface area (Å²) in [4.78, 5) is 31.1. The first-order chi connectivity index (χ1) is 10.6. The third-order valence-corrected chi connectivity index (χ3v) is 3.97. The predicted octanol–water partition coefficient (Wildman–Crippen LogP) is 1.46. The first-order valence-corrected chi connectivity index (χ1v) is 7.40. The lowest BCUT2D eigenvalue weighted by molar-refractivity contribution is 0.0690. The first-order valence-electron chi connectivity index (χ1n) is 6.53. The van der Waals surface area contributed by atoms with E-state index in [1.165, 1.54) is 16.7 Å². The van der Waals surface area contributed by atoms with Crippen molar-refractivity contribution in [2.75, 3.05) is 6.54 Å². The maximum atomic E-state index is 12.2. The van der Waals surface area contributed by atoms with E-state index in [4.69, 9.17) is 5.11 Å². The number of rotatable bonds is 5. The number of aromatic nitrogens is 3. The number of nitrogens with zero attached hydrogens (tertiary/aromatic N) is 3. The molecule has 1 amide bonds. The molecule has 0 saturated heterocycles. The van der Waals surface area contributed by atoms with Gasteiger partial charge in [0.1, 0.15) is 5.65 Å². The fourth-order valence-corrected chi connectivity index (χ4v) is 2.80. The van der Waals surface area contributed by atoms with E-state index in [0.29, 0.717) is 29.2 Å². The molecular formula is C14H12N4O3S. The number of carboxylic acids is 1. The van der Waals surface area contributed by atoms with Crippen molar-refractivity contribution >= 4 is 28.9 Å². The summed E-state index contributed by atoms with van der Waals surface area (Å²) in [5.41, 5.74) is 1.13. The minimum absolute atomic E-state index is 0.0356. The number of hydrogen-bond acceptors (Lipinski definition) is 5. The van der Waals surface area contributed by atoms with Crippen LogP contribution in [0.3, 0.4) is 0 Å². The maximum Gasteiger partial charge on any atom is 0.355 e. The molecule has 0 saturated carbocycles. The Kier molecular flexibility index (Phi) is 3.84. The summed E-state index contributed by atoms with van der Waals surface area (Å²) in [5.74, 6) is -1.26. The van der Waals surface area contributed by atoms with Gasteiger partial charge in [-0.15, -0.1) is 11.3 Å². The van der Waals surface area contributed by atoms with Gasteiger partial charge in [-0.05, 0) is 12.1 Å². The number of carboxylic acid groups (broad SMARTS) is 1. The number of carbonyl (C=O) groups is 2. The lowest BCUT2D eigenvalue weighted by Gasteiger charge is -2.05. The average molecular weight is 316 g/mol. The van der Waals surface area contributed by atoms with Crippen LogP contribution in [0.5, 0.6) is 0 Å². The number of thiazole rings is 1. The van der Waals surface area contributed by atoms with E-state index in [0.717, 1.165) is 0 Å². The van der Waals surface area contributed by atoms with E-state index < -0.39 is 5.97 Å². The maximum absolute atomic E-state index is 12.2. The second-order valence-electron chi connectivity index (χ2n) is 4.52. The molecule has 0 aliphatic heterocycles. The highest BCUT2D eigenvalue weighted by atomic mass is 32.1. The van der Waals surface area contributed by atoms with Crippen LogP contribution in [-0.2, 0) is 6.42 Å². The summed E-state index contributed by atoms with van der Waals surface area (Å²) >= 11 is 1.27. The molecule has 0 aliphatic rings. The van der Waals surface area contributed by atoms with Gasteiger partial charge in [0.2, 0.25) is 0 Å². The molecule has 7 nitrogen and oxygen atoms in total. The van der Waals surface area contributed by atoms with Crippen molar-refractivity contribution in [3.05, 3.63) is 52.4 Å². The molecule has 0 radical (unpaired) electrons. The minimum atomic E-state index is -1.04. The summed E-state index contributed by atoms with van der Waals surface area (Å²) in [6.07, 6.45) is 5.72. The first kappa shape index (κ1) is 14.2. The molecular weight excluding hydrogens is 304 g/mol. The Hall–Kier alpha value is -2.74. The molecule has 112 valence electrons. The zero-order valence-electron chi connectivity index (χ0n) is 11.4. The van der Waals surface area contributed by atoms with E-state index in [1.807, 2.05) is 6.20 Å². The lowest BCUT2D eigenvalue weighted by atomic mass is 10.2. The SMILES string of the molecule is O=C(O)c1csc(CCNC(=O)c2cccn3ccnc23)n1. The highest BCUT2D eigenvalue weighted by Gasteiger charge is 2.12. The molecule has 22 heavy (non-hydrogen) atoms. The number of pyridine rings is 1. The highest BCUT2D eigenvalue weighted by molar-refractivity contribution is 7.09. The van der Waals surface area contributed by atoms with E-state index in [2.05, 4.69) is 15.3 Å². The molecule has 0 aromatic carbocycles. The van der Waals surface area contributed by atoms with Crippen LogP contribution in [0.25, 0.3) is 5.65 Å². The zero-order chi connectivity index (χ0) is 15.5. The Balaban J connectivity index is 1.62. The summed E-state index contributed by atoms with van der Waals surface area (Å²) in [7, 11) is 0. The van der Waals surface area contributed by atoms with Crippen LogP contribution in [0.2, 0.25) is 0 Å². The fraction of sp³-hybridized carbons (Fsp3) is 0.143. The van der Waals surface area contributed by atoms with E-state index in [9.17, 15) is 9.59 Å². The van der Waals surface area contributed by atoms with Crippen LogP contribution in [0, 0.1) is 0 Å². The third kappa shape index (κ3) is 2.82. The number of fused-ring (bicyclic) bond motifs is 1. The van der Waals surface area contributed by atoms with Gasteiger partial charge in [-0.2, -0.15) is 0 Å². The second kappa shape index (κ2) is 5.94. The quantitative estimate of drug-likeness (QED) is 0.743. The molecule has 3 heterocycles. The monoisotopic (exact) mass is 316 g/mol. The highest BCUT2D eigenvalue weighted by Crippen LogP contribution is 2.11. The van der Waals surface area contributed by atoms with Crippen LogP contribution < -0.4 is 5.32 Å². The van der Waals surface area contributed by atoms with Crippen molar-refractivity contribution in [3.63, 3.8) is 0 Å². The number of amides is 1. The van der Waals surface area contributed by atoms with Gasteiger partial charge in [-0.1, -0.05) is 0 Å². The largest absolute Gasteiger partial charge is 0.476 e. The van der Waals surface area contributed by atoms with Crippen LogP contribution in [0.1, 0.15) is 25.9 Å². The molecule has 0 spiro atoms. The van der Waals surface area contributed by atoms with Crippen LogP contribution in [-0.4, -0.2) is 37.9 Å². The average Bonchev–Trinajstić information content (AvgIpc) is 3.15. The molecule has 0 unspecified atom stereocenters. The number of hydrogen-bond donors (Lipinski definition) is 2. The molecule has 0 atom stereocenters. The Bertz CT molecular complexity index is 839. The summed E-state index contributed by atoms with van der Waals surface area (Å²) < 4.78 is 1.77. The van der Waals surface area contributed by atoms with Crippen LogP contribution in [0.15, 0.2) is 36.1 Å².